The van der Waals surface area contributed by atoms with Crippen molar-refractivity contribution in [3.05, 3.63) is 11.6 Å². The van der Waals surface area contributed by atoms with Gasteiger partial charge in [-0.2, -0.15) is 0 Å². The molecule has 0 aromatic rings. The Morgan fingerprint density at radius 2 is 2.20 bits per heavy atom. The van der Waals surface area contributed by atoms with Crippen LogP contribution in [0.3, 0.4) is 0 Å². The summed E-state index contributed by atoms with van der Waals surface area (Å²) < 4.78 is 0. The number of hydrogen-bond donors (Lipinski definition) is 1. The van der Waals surface area contributed by atoms with Crippen LogP contribution in [0.1, 0.15) is 33.1 Å². The molecule has 1 rings (SSSR count). The van der Waals surface area contributed by atoms with Gasteiger partial charge in [-0.05, 0) is 25.2 Å². The van der Waals surface area contributed by atoms with Crippen molar-refractivity contribution < 1.29 is 4.79 Å². The molecule has 1 atom stereocenters. The number of amides is 2. The molecule has 0 fully saturated rings. The fraction of sp³-hybridized carbons (Fsp3) is 0.750. The van der Waals surface area contributed by atoms with Gasteiger partial charge in [0, 0.05) is 20.1 Å². The minimum Gasteiger partial charge on any atom is -0.335 e. The van der Waals surface area contributed by atoms with Crippen LogP contribution in [0.25, 0.3) is 0 Å². The molecule has 3 nitrogen and oxygen atoms in total. The van der Waals surface area contributed by atoms with Gasteiger partial charge in [-0.25, -0.2) is 4.79 Å². The van der Waals surface area contributed by atoms with Crippen molar-refractivity contribution in [3.63, 3.8) is 0 Å². The van der Waals surface area contributed by atoms with Crippen LogP contribution in [0.5, 0.6) is 0 Å². The Balaban J connectivity index is 2.41. The van der Waals surface area contributed by atoms with Crippen LogP contribution < -0.4 is 5.32 Å². The van der Waals surface area contributed by atoms with Gasteiger partial charge in [0.25, 0.3) is 0 Å². The molecule has 0 radical (unpaired) electrons. The predicted molar refractivity (Wildman–Crippen MR) is 62.8 cm³/mol. The second kappa shape index (κ2) is 5.19. The fourth-order valence-electron chi connectivity index (χ4n) is 1.81. The van der Waals surface area contributed by atoms with Crippen molar-refractivity contribution in [2.24, 2.45) is 5.92 Å². The van der Waals surface area contributed by atoms with Gasteiger partial charge in [0.15, 0.2) is 0 Å². The molecular formula is C12H22N2O. The molecule has 0 aromatic heterocycles. The topological polar surface area (TPSA) is 32.3 Å². The summed E-state index contributed by atoms with van der Waals surface area (Å²) in [6.07, 6.45) is 5.46. The first kappa shape index (κ1) is 12.1. The van der Waals surface area contributed by atoms with E-state index in [9.17, 15) is 4.79 Å². The molecule has 0 saturated carbocycles. The van der Waals surface area contributed by atoms with E-state index in [1.165, 1.54) is 5.57 Å². The van der Waals surface area contributed by atoms with Crippen molar-refractivity contribution in [1.29, 1.82) is 0 Å². The van der Waals surface area contributed by atoms with E-state index in [1.54, 1.807) is 19.0 Å². The minimum absolute atomic E-state index is 0.0152. The van der Waals surface area contributed by atoms with Crippen molar-refractivity contribution in [3.8, 4) is 0 Å². The Hall–Kier alpha value is -0.990. The number of allylic oxidation sites excluding steroid dienone is 1. The summed E-state index contributed by atoms with van der Waals surface area (Å²) >= 11 is 0. The quantitative estimate of drug-likeness (QED) is 0.697. The van der Waals surface area contributed by atoms with Crippen LogP contribution in [0, 0.1) is 5.92 Å². The van der Waals surface area contributed by atoms with E-state index in [1.807, 2.05) is 0 Å². The average Bonchev–Trinajstić information content (AvgIpc) is 2.18. The van der Waals surface area contributed by atoms with Crippen LogP contribution in [0.4, 0.5) is 4.79 Å². The standard InChI is InChI=1S/C12H22N2O/c1-9(2)10-5-7-11(8-6-10)13-12(15)14(3)4/h5,9,11H,6-8H2,1-4H3,(H,13,15). The normalized spacial score (nSPS) is 21.1. The SMILES string of the molecule is CC(C)C1=CCC(NC(=O)N(C)C)CC1. The molecular weight excluding hydrogens is 188 g/mol. The third-order valence-electron chi connectivity index (χ3n) is 2.92. The first-order valence-electron chi connectivity index (χ1n) is 5.67. The number of urea groups is 1. The Morgan fingerprint density at radius 3 is 2.60 bits per heavy atom. The lowest BCUT2D eigenvalue weighted by atomic mass is 9.89. The van der Waals surface area contributed by atoms with E-state index in [2.05, 4.69) is 25.2 Å². The number of carbonyl (C=O) groups excluding carboxylic acids is 1. The van der Waals surface area contributed by atoms with Gasteiger partial charge in [0.05, 0.1) is 0 Å². The largest absolute Gasteiger partial charge is 0.335 e. The number of carbonyl (C=O) groups is 1. The highest BCUT2D eigenvalue weighted by Gasteiger charge is 2.18. The maximum absolute atomic E-state index is 11.4. The van der Waals surface area contributed by atoms with Crippen molar-refractivity contribution in [2.45, 2.75) is 39.2 Å². The lowest BCUT2D eigenvalue weighted by molar-refractivity contribution is 0.212. The van der Waals surface area contributed by atoms with E-state index in [4.69, 9.17) is 0 Å². The number of nitrogens with zero attached hydrogens (tertiary/aromatic N) is 1. The smallest absolute Gasteiger partial charge is 0.317 e. The van der Waals surface area contributed by atoms with Gasteiger partial charge in [-0.3, -0.25) is 0 Å². The zero-order chi connectivity index (χ0) is 11.4. The summed E-state index contributed by atoms with van der Waals surface area (Å²) in [4.78, 5) is 13.0. The lowest BCUT2D eigenvalue weighted by Gasteiger charge is -2.26. The second-order valence-corrected chi connectivity index (χ2v) is 4.75. The number of nitrogens with one attached hydrogen (secondary N) is 1. The molecule has 0 bridgehead atoms. The van der Waals surface area contributed by atoms with Crippen molar-refractivity contribution in [1.82, 2.24) is 10.2 Å². The van der Waals surface area contributed by atoms with Gasteiger partial charge in [-0.15, -0.1) is 0 Å². The highest BCUT2D eigenvalue weighted by atomic mass is 16.2. The summed E-state index contributed by atoms with van der Waals surface area (Å²) in [5, 5.41) is 3.02. The first-order chi connectivity index (χ1) is 7.00. The van der Waals surface area contributed by atoms with Gasteiger partial charge in [-0.1, -0.05) is 25.5 Å². The molecule has 1 aliphatic rings. The maximum Gasteiger partial charge on any atom is 0.317 e. The summed E-state index contributed by atoms with van der Waals surface area (Å²) in [5.41, 5.74) is 1.53. The van der Waals surface area contributed by atoms with Gasteiger partial charge < -0.3 is 10.2 Å². The molecule has 1 aliphatic carbocycles. The van der Waals surface area contributed by atoms with Crippen molar-refractivity contribution >= 4 is 6.03 Å². The monoisotopic (exact) mass is 210 g/mol. The molecule has 86 valence electrons. The zero-order valence-electron chi connectivity index (χ0n) is 10.2. The Kier molecular flexibility index (Phi) is 4.18. The number of rotatable bonds is 2. The molecule has 0 saturated heterocycles. The maximum atomic E-state index is 11.4. The Labute approximate surface area is 92.5 Å². The van der Waals surface area contributed by atoms with Crippen LogP contribution in [0.15, 0.2) is 11.6 Å². The van der Waals surface area contributed by atoms with Crippen LogP contribution in [-0.2, 0) is 0 Å². The highest BCUT2D eigenvalue weighted by molar-refractivity contribution is 5.73. The molecule has 0 heterocycles. The van der Waals surface area contributed by atoms with Crippen molar-refractivity contribution in [2.75, 3.05) is 14.1 Å². The predicted octanol–water partition coefficient (Wildman–Crippen LogP) is 2.39. The summed E-state index contributed by atoms with van der Waals surface area (Å²) in [5.74, 6) is 0.649. The minimum atomic E-state index is 0.0152. The summed E-state index contributed by atoms with van der Waals surface area (Å²) in [7, 11) is 3.54. The van der Waals surface area contributed by atoms with Crippen LogP contribution >= 0.6 is 0 Å². The third kappa shape index (κ3) is 3.57. The Morgan fingerprint density at radius 1 is 1.53 bits per heavy atom. The van der Waals surface area contributed by atoms with E-state index in [0.29, 0.717) is 12.0 Å². The lowest BCUT2D eigenvalue weighted by Crippen LogP contribution is -2.42. The van der Waals surface area contributed by atoms with Gasteiger partial charge in [0.1, 0.15) is 0 Å². The highest BCUT2D eigenvalue weighted by Crippen LogP contribution is 2.23. The molecule has 0 spiro atoms. The molecule has 0 aliphatic heterocycles. The first-order valence-corrected chi connectivity index (χ1v) is 5.67. The Bertz CT molecular complexity index is 256. The van der Waals surface area contributed by atoms with Crippen LogP contribution in [-0.4, -0.2) is 31.1 Å². The molecule has 15 heavy (non-hydrogen) atoms. The molecule has 1 unspecified atom stereocenters. The molecule has 1 N–H and O–H groups in total. The van der Waals surface area contributed by atoms with E-state index < -0.39 is 0 Å². The van der Waals surface area contributed by atoms with Crippen LogP contribution in [0.2, 0.25) is 0 Å². The van der Waals surface area contributed by atoms with E-state index in [0.717, 1.165) is 19.3 Å². The third-order valence-corrected chi connectivity index (χ3v) is 2.92. The fourth-order valence-corrected chi connectivity index (χ4v) is 1.81. The average molecular weight is 210 g/mol. The van der Waals surface area contributed by atoms with E-state index >= 15 is 0 Å². The molecule has 2 amide bonds. The van der Waals surface area contributed by atoms with Gasteiger partial charge >= 0.3 is 6.03 Å². The zero-order valence-corrected chi connectivity index (χ0v) is 10.2. The molecule has 0 aromatic carbocycles. The van der Waals surface area contributed by atoms with Gasteiger partial charge in [0.2, 0.25) is 0 Å². The summed E-state index contributed by atoms with van der Waals surface area (Å²) in [6, 6.07) is 0.337. The molecule has 3 heteroatoms. The number of hydrogen-bond acceptors (Lipinski definition) is 1. The van der Waals surface area contributed by atoms with E-state index in [-0.39, 0.29) is 6.03 Å². The second-order valence-electron chi connectivity index (χ2n) is 4.75. The summed E-state index contributed by atoms with van der Waals surface area (Å²) in [6.45, 7) is 4.45.